The van der Waals surface area contributed by atoms with Gasteiger partial charge in [-0.1, -0.05) is 13.8 Å². The molecule has 1 N–H and O–H groups in total. The van der Waals surface area contributed by atoms with E-state index in [-0.39, 0.29) is 40.4 Å². The summed E-state index contributed by atoms with van der Waals surface area (Å²) in [5, 5.41) is 7.30. The van der Waals surface area contributed by atoms with E-state index in [1.807, 2.05) is 13.8 Å². The Morgan fingerprint density at radius 3 is 2.40 bits per heavy atom. The van der Waals surface area contributed by atoms with E-state index in [0.29, 0.717) is 29.1 Å². The second-order valence-corrected chi connectivity index (χ2v) is 13.0. The Kier molecular flexibility index (Phi) is 9.45. The van der Waals surface area contributed by atoms with Crippen molar-refractivity contribution in [3.05, 3.63) is 66.3 Å². The van der Waals surface area contributed by atoms with Gasteiger partial charge in [0, 0.05) is 23.7 Å². The summed E-state index contributed by atoms with van der Waals surface area (Å²) in [5.41, 5.74) is -0.799. The number of methoxy groups -OCH3 is 1. The third-order valence-corrected chi connectivity index (χ3v) is 7.49. The first-order valence-electron chi connectivity index (χ1n) is 15.3. The van der Waals surface area contributed by atoms with E-state index in [9.17, 15) is 32.3 Å². The van der Waals surface area contributed by atoms with Crippen molar-refractivity contribution in [1.82, 2.24) is 19.7 Å². The van der Waals surface area contributed by atoms with Crippen LogP contribution in [0.25, 0.3) is 17.1 Å². The van der Waals surface area contributed by atoms with E-state index in [2.05, 4.69) is 20.4 Å². The zero-order valence-electron chi connectivity index (χ0n) is 28.0. The zero-order valence-corrected chi connectivity index (χ0v) is 28.0. The van der Waals surface area contributed by atoms with E-state index in [4.69, 9.17) is 13.9 Å². The molecule has 0 aliphatic carbocycles. The first-order valence-corrected chi connectivity index (χ1v) is 15.3. The summed E-state index contributed by atoms with van der Waals surface area (Å²) in [5.74, 6) is -1.80. The topological polar surface area (TPSA) is 162 Å². The van der Waals surface area contributed by atoms with Crippen molar-refractivity contribution in [3.8, 4) is 17.1 Å². The number of carbonyl (C=O) groups excluding carboxylic acids is 4. The summed E-state index contributed by atoms with van der Waals surface area (Å²) in [6.45, 7) is 6.85. The molecule has 5 rings (SSSR count). The molecule has 264 valence electrons. The van der Waals surface area contributed by atoms with Gasteiger partial charge in [-0.15, -0.1) is 5.10 Å². The van der Waals surface area contributed by atoms with Crippen LogP contribution in [0.2, 0.25) is 0 Å². The number of oxazole rings is 1. The van der Waals surface area contributed by atoms with Crippen LogP contribution in [0.5, 0.6) is 0 Å². The van der Waals surface area contributed by atoms with E-state index in [1.165, 1.54) is 49.7 Å². The Labute approximate surface area is 284 Å². The SMILES string of the molecule is COC(=O)c1ccc(-n2cc(NC(=O)c3coc(-c4ccnc(N(CC(F)(F)F)C(=O)OC(C)(C)C)c4)n3)c(N3CCC(C)(C)C3=O)n2)cc1. The van der Waals surface area contributed by atoms with Crippen LogP contribution in [0.3, 0.4) is 0 Å². The highest BCUT2D eigenvalue weighted by Crippen LogP contribution is 2.37. The maximum Gasteiger partial charge on any atom is 0.416 e. The molecule has 0 radical (unpaired) electrons. The normalized spacial score (nSPS) is 14.4. The number of benzene rings is 1. The predicted molar refractivity (Wildman–Crippen MR) is 173 cm³/mol. The molecule has 3 aromatic heterocycles. The molecule has 0 atom stereocenters. The number of pyridine rings is 1. The van der Waals surface area contributed by atoms with Crippen LogP contribution in [0.15, 0.2) is 59.5 Å². The summed E-state index contributed by atoms with van der Waals surface area (Å²) < 4.78 is 57.1. The fourth-order valence-corrected chi connectivity index (χ4v) is 4.95. The average molecular weight is 698 g/mol. The Bertz CT molecular complexity index is 1930. The number of alkyl halides is 3. The van der Waals surface area contributed by atoms with Crippen molar-refractivity contribution in [2.75, 3.05) is 35.3 Å². The van der Waals surface area contributed by atoms with Gasteiger partial charge in [0.25, 0.3) is 5.91 Å². The molecule has 1 saturated heterocycles. The van der Waals surface area contributed by atoms with Gasteiger partial charge in [0.1, 0.15) is 29.9 Å². The molecule has 17 heteroatoms. The molecule has 1 aliphatic rings. The van der Waals surface area contributed by atoms with Crippen LogP contribution < -0.4 is 15.1 Å². The van der Waals surface area contributed by atoms with Gasteiger partial charge < -0.3 is 19.2 Å². The number of hydrogen-bond acceptors (Lipinski definition) is 10. The number of nitrogens with one attached hydrogen (secondary N) is 1. The van der Waals surface area contributed by atoms with E-state index < -0.39 is 41.7 Å². The molecule has 4 heterocycles. The number of nitrogens with zero attached hydrogens (tertiary/aromatic N) is 6. The van der Waals surface area contributed by atoms with Crippen LogP contribution in [0.4, 0.5) is 35.3 Å². The lowest BCUT2D eigenvalue weighted by Crippen LogP contribution is -2.42. The van der Waals surface area contributed by atoms with E-state index in [0.717, 1.165) is 18.5 Å². The number of carbonyl (C=O) groups is 4. The lowest BCUT2D eigenvalue weighted by Gasteiger charge is -2.27. The largest absolute Gasteiger partial charge is 0.465 e. The molecule has 0 saturated carbocycles. The molecule has 3 amide bonds. The Hall–Kier alpha value is -5.74. The number of ether oxygens (including phenoxy) is 2. The van der Waals surface area contributed by atoms with Crippen LogP contribution in [-0.2, 0) is 14.3 Å². The quantitative estimate of drug-likeness (QED) is 0.215. The highest BCUT2D eigenvalue weighted by Gasteiger charge is 2.41. The summed E-state index contributed by atoms with van der Waals surface area (Å²) in [7, 11) is 1.27. The molecule has 1 aromatic carbocycles. The number of rotatable bonds is 8. The van der Waals surface area contributed by atoms with Crippen LogP contribution in [0, 0.1) is 5.41 Å². The predicted octanol–water partition coefficient (Wildman–Crippen LogP) is 6.03. The fourth-order valence-electron chi connectivity index (χ4n) is 4.95. The Balaban J connectivity index is 1.42. The lowest BCUT2D eigenvalue weighted by atomic mass is 9.92. The third kappa shape index (κ3) is 7.93. The minimum atomic E-state index is -4.77. The number of amides is 3. The Morgan fingerprint density at radius 1 is 1.10 bits per heavy atom. The Morgan fingerprint density at radius 2 is 1.80 bits per heavy atom. The lowest BCUT2D eigenvalue weighted by molar-refractivity contribution is -0.124. The van der Waals surface area contributed by atoms with Crippen molar-refractivity contribution in [1.29, 1.82) is 0 Å². The number of anilines is 3. The smallest absolute Gasteiger partial charge is 0.416 e. The van der Waals surface area contributed by atoms with Gasteiger partial charge in [0.15, 0.2) is 11.5 Å². The highest BCUT2D eigenvalue weighted by atomic mass is 19.4. The van der Waals surface area contributed by atoms with Gasteiger partial charge in [-0.3, -0.25) is 19.4 Å². The molecule has 1 fully saturated rings. The van der Waals surface area contributed by atoms with Gasteiger partial charge in [-0.05, 0) is 63.6 Å². The first kappa shape index (κ1) is 35.6. The van der Waals surface area contributed by atoms with Gasteiger partial charge in [0.05, 0.1) is 24.6 Å². The van der Waals surface area contributed by atoms with Gasteiger partial charge in [0.2, 0.25) is 11.8 Å². The molecular formula is C33H34F3N7O7. The fraction of sp³-hybridized carbons (Fsp3) is 0.364. The van der Waals surface area contributed by atoms with Crippen molar-refractivity contribution in [2.45, 2.75) is 52.8 Å². The van der Waals surface area contributed by atoms with Crippen molar-refractivity contribution >= 4 is 41.2 Å². The number of hydrogen-bond donors (Lipinski definition) is 1. The van der Waals surface area contributed by atoms with E-state index >= 15 is 0 Å². The van der Waals surface area contributed by atoms with Crippen molar-refractivity contribution < 1.29 is 46.2 Å². The molecule has 1 aliphatic heterocycles. The standard InChI is InChI=1S/C33H34F3N7O7/c1-31(2,3)50-30(47)42(18-33(34,35)36)24-15-20(11-13-37-24)27-39-23(17-49-27)26(44)38-22-16-43(21-9-7-19(8-10-21)28(45)48-6)40-25(22)41-14-12-32(4,5)29(41)46/h7-11,13,15-17H,12,14,18H2,1-6H3,(H,38,44). The maximum absolute atomic E-state index is 13.5. The van der Waals surface area contributed by atoms with Gasteiger partial charge >= 0.3 is 18.2 Å². The maximum atomic E-state index is 13.5. The third-order valence-electron chi connectivity index (χ3n) is 7.49. The second-order valence-electron chi connectivity index (χ2n) is 13.0. The minimum Gasteiger partial charge on any atom is -0.465 e. The summed E-state index contributed by atoms with van der Waals surface area (Å²) in [6, 6.07) is 8.86. The zero-order chi connectivity index (χ0) is 36.6. The summed E-state index contributed by atoms with van der Waals surface area (Å²) >= 11 is 0. The summed E-state index contributed by atoms with van der Waals surface area (Å²) in [6.07, 6.45) is -1.77. The molecule has 14 nitrogen and oxygen atoms in total. The monoisotopic (exact) mass is 697 g/mol. The first-order chi connectivity index (χ1) is 23.3. The van der Waals surface area contributed by atoms with Gasteiger partial charge in [-0.2, -0.15) is 13.2 Å². The minimum absolute atomic E-state index is 0.124. The van der Waals surface area contributed by atoms with Crippen molar-refractivity contribution in [2.24, 2.45) is 5.41 Å². The number of aromatic nitrogens is 4. The van der Waals surface area contributed by atoms with Gasteiger partial charge in [-0.25, -0.2) is 24.2 Å². The summed E-state index contributed by atoms with van der Waals surface area (Å²) in [4.78, 5) is 61.2. The molecule has 0 spiro atoms. The average Bonchev–Trinajstić information content (AvgIpc) is 3.76. The number of halogens is 3. The van der Waals surface area contributed by atoms with Crippen LogP contribution in [-0.4, -0.2) is 75.6 Å². The van der Waals surface area contributed by atoms with E-state index in [1.54, 1.807) is 24.3 Å². The van der Waals surface area contributed by atoms with Crippen LogP contribution >= 0.6 is 0 Å². The highest BCUT2D eigenvalue weighted by molar-refractivity contribution is 6.07. The van der Waals surface area contributed by atoms with Crippen LogP contribution in [0.1, 0.15) is 61.9 Å². The molecule has 4 aromatic rings. The molecule has 0 unspecified atom stereocenters. The molecule has 50 heavy (non-hydrogen) atoms. The molecule has 0 bridgehead atoms. The van der Waals surface area contributed by atoms with Crippen molar-refractivity contribution in [3.63, 3.8) is 0 Å². The number of esters is 1. The molecular weight excluding hydrogens is 663 g/mol. The second kappa shape index (κ2) is 13.3.